The molecule has 1 heterocycles. The van der Waals surface area contributed by atoms with Crippen molar-refractivity contribution < 1.29 is 9.50 Å². The van der Waals surface area contributed by atoms with E-state index in [0.29, 0.717) is 0 Å². The van der Waals surface area contributed by atoms with Crippen LogP contribution in [0.15, 0.2) is 36.7 Å². The molecule has 3 nitrogen and oxygen atoms in total. The molecule has 2 N–H and O–H groups in total. The van der Waals surface area contributed by atoms with Crippen LogP contribution in [-0.2, 0) is 0 Å². The van der Waals surface area contributed by atoms with Crippen LogP contribution in [0.4, 0.5) is 10.1 Å². The highest BCUT2D eigenvalue weighted by atomic mass is 19.1. The van der Waals surface area contributed by atoms with Crippen molar-refractivity contribution in [2.24, 2.45) is 0 Å². The van der Waals surface area contributed by atoms with Crippen LogP contribution in [0.1, 0.15) is 6.92 Å². The van der Waals surface area contributed by atoms with Gasteiger partial charge in [0.2, 0.25) is 0 Å². The van der Waals surface area contributed by atoms with Gasteiger partial charge in [-0.05, 0) is 19.1 Å². The predicted molar refractivity (Wildman–Crippen MR) is 66.8 cm³/mol. The molecule has 1 aromatic carbocycles. The lowest BCUT2D eigenvalue weighted by atomic mass is 10.1. The average molecular weight is 234 g/mol. The van der Waals surface area contributed by atoms with Gasteiger partial charge in [0.25, 0.3) is 0 Å². The Kier molecular flexibility index (Phi) is 3.24. The van der Waals surface area contributed by atoms with Crippen LogP contribution in [0.2, 0.25) is 0 Å². The topological polar surface area (TPSA) is 45.1 Å². The molecule has 2 rings (SSSR count). The second kappa shape index (κ2) is 4.67. The molecule has 0 bridgehead atoms. The number of fused-ring (bicyclic) bond motifs is 1. The molecule has 0 saturated heterocycles. The average Bonchev–Trinajstić information content (AvgIpc) is 2.36. The highest BCUT2D eigenvalue weighted by Crippen LogP contribution is 2.22. The highest BCUT2D eigenvalue weighted by Gasteiger charge is 2.19. The molecule has 0 aliphatic heterocycles. The first-order chi connectivity index (χ1) is 8.12. The van der Waals surface area contributed by atoms with Crippen LogP contribution in [0.5, 0.6) is 0 Å². The summed E-state index contributed by atoms with van der Waals surface area (Å²) in [6.45, 7) is 0.865. The number of aromatic nitrogens is 1. The van der Waals surface area contributed by atoms with Gasteiger partial charge in [0, 0.05) is 35.4 Å². The molecular weight excluding hydrogens is 219 g/mol. The van der Waals surface area contributed by atoms with Crippen molar-refractivity contribution in [1.82, 2.24) is 4.98 Å². The smallest absolute Gasteiger partial charge is 0.120 e. The number of nitrogens with zero attached hydrogens (tertiary/aromatic N) is 1. The number of anilines is 1. The van der Waals surface area contributed by atoms with E-state index >= 15 is 0 Å². The van der Waals surface area contributed by atoms with Gasteiger partial charge in [-0.25, -0.2) is 4.39 Å². The number of hydrogen-bond donors (Lipinski definition) is 2. The first-order valence-corrected chi connectivity index (χ1v) is 5.47. The van der Waals surface area contributed by atoms with Gasteiger partial charge < -0.3 is 10.4 Å². The summed E-state index contributed by atoms with van der Waals surface area (Å²) in [5.74, 6) is 0. The zero-order chi connectivity index (χ0) is 12.3. The van der Waals surface area contributed by atoms with E-state index in [0.717, 1.165) is 16.5 Å². The van der Waals surface area contributed by atoms with E-state index in [-0.39, 0.29) is 6.54 Å². The number of aliphatic hydroxyl groups is 1. The summed E-state index contributed by atoms with van der Waals surface area (Å²) in [5, 5.41) is 14.7. The molecule has 0 aliphatic rings. The number of nitrogens with one attached hydrogen (secondary N) is 1. The van der Waals surface area contributed by atoms with Gasteiger partial charge in [-0.15, -0.1) is 0 Å². The summed E-state index contributed by atoms with van der Waals surface area (Å²) in [7, 11) is 0. The van der Waals surface area contributed by atoms with Gasteiger partial charge in [-0.1, -0.05) is 12.1 Å². The molecule has 2 aromatic rings. The van der Waals surface area contributed by atoms with Gasteiger partial charge >= 0.3 is 0 Å². The number of rotatable bonds is 4. The van der Waals surface area contributed by atoms with E-state index in [4.69, 9.17) is 0 Å². The lowest BCUT2D eigenvalue weighted by molar-refractivity contribution is 0.0462. The summed E-state index contributed by atoms with van der Waals surface area (Å²) < 4.78 is 12.5. The maximum Gasteiger partial charge on any atom is 0.120 e. The second-order valence-electron chi connectivity index (χ2n) is 4.39. The number of hydrogen-bond acceptors (Lipinski definition) is 3. The molecule has 0 saturated carbocycles. The fourth-order valence-electron chi connectivity index (χ4n) is 1.61. The molecule has 1 unspecified atom stereocenters. The molecule has 4 heteroatoms. The third-order valence-corrected chi connectivity index (χ3v) is 2.63. The standard InChI is InChI=1S/C13H15FN2O/c1-13(17,8-14)9-16-12-4-2-3-10-7-15-6-5-11(10)12/h2-7,16-17H,8-9H2,1H3. The largest absolute Gasteiger partial charge is 0.386 e. The van der Waals surface area contributed by atoms with E-state index in [1.165, 1.54) is 6.92 Å². The Bertz CT molecular complexity index is 508. The van der Waals surface area contributed by atoms with Crippen molar-refractivity contribution in [2.75, 3.05) is 18.5 Å². The fourth-order valence-corrected chi connectivity index (χ4v) is 1.61. The van der Waals surface area contributed by atoms with Crippen LogP contribution in [-0.4, -0.2) is 28.9 Å². The Morgan fingerprint density at radius 1 is 1.41 bits per heavy atom. The molecule has 17 heavy (non-hydrogen) atoms. The number of pyridine rings is 1. The maximum atomic E-state index is 12.5. The van der Waals surface area contributed by atoms with Crippen LogP contribution in [0, 0.1) is 0 Å². The molecule has 0 aliphatic carbocycles. The summed E-state index contributed by atoms with van der Waals surface area (Å²) in [4.78, 5) is 4.04. The molecule has 0 fully saturated rings. The second-order valence-corrected chi connectivity index (χ2v) is 4.39. The van der Waals surface area contributed by atoms with Crippen molar-refractivity contribution in [3.63, 3.8) is 0 Å². The lowest BCUT2D eigenvalue weighted by Crippen LogP contribution is -2.35. The quantitative estimate of drug-likeness (QED) is 0.853. The van der Waals surface area contributed by atoms with Gasteiger partial charge in [0.15, 0.2) is 0 Å². The van der Waals surface area contributed by atoms with E-state index in [9.17, 15) is 9.50 Å². The van der Waals surface area contributed by atoms with Gasteiger partial charge in [0.05, 0.1) is 0 Å². The zero-order valence-corrected chi connectivity index (χ0v) is 9.65. The Balaban J connectivity index is 2.24. The van der Waals surface area contributed by atoms with Gasteiger partial charge in [-0.3, -0.25) is 4.98 Å². The normalized spacial score (nSPS) is 14.5. The molecule has 0 radical (unpaired) electrons. The molecule has 1 atom stereocenters. The Labute approximate surface area is 99.3 Å². The van der Waals surface area contributed by atoms with E-state index in [1.54, 1.807) is 12.4 Å². The maximum absolute atomic E-state index is 12.5. The minimum absolute atomic E-state index is 0.172. The molecule has 0 spiro atoms. The van der Waals surface area contributed by atoms with Crippen molar-refractivity contribution in [3.05, 3.63) is 36.7 Å². The van der Waals surface area contributed by atoms with Crippen molar-refractivity contribution in [1.29, 1.82) is 0 Å². The third-order valence-electron chi connectivity index (χ3n) is 2.63. The van der Waals surface area contributed by atoms with Gasteiger partial charge in [0.1, 0.15) is 12.3 Å². The van der Waals surface area contributed by atoms with E-state index in [2.05, 4.69) is 10.3 Å². The Morgan fingerprint density at radius 3 is 3.00 bits per heavy atom. The van der Waals surface area contributed by atoms with Gasteiger partial charge in [-0.2, -0.15) is 0 Å². The Hall–Kier alpha value is -1.68. The first-order valence-electron chi connectivity index (χ1n) is 5.47. The number of benzene rings is 1. The minimum Gasteiger partial charge on any atom is -0.386 e. The third kappa shape index (κ3) is 2.71. The van der Waals surface area contributed by atoms with Crippen LogP contribution < -0.4 is 5.32 Å². The molecule has 0 amide bonds. The van der Waals surface area contributed by atoms with Crippen molar-refractivity contribution in [2.45, 2.75) is 12.5 Å². The summed E-state index contributed by atoms with van der Waals surface area (Å²) in [5.41, 5.74) is -0.464. The summed E-state index contributed by atoms with van der Waals surface area (Å²) >= 11 is 0. The Morgan fingerprint density at radius 2 is 2.24 bits per heavy atom. The SMILES string of the molecule is CC(O)(CF)CNc1cccc2cnccc12. The monoisotopic (exact) mass is 234 g/mol. The minimum atomic E-state index is -1.34. The summed E-state index contributed by atoms with van der Waals surface area (Å²) in [6, 6.07) is 7.65. The van der Waals surface area contributed by atoms with Crippen molar-refractivity contribution in [3.8, 4) is 0 Å². The fraction of sp³-hybridized carbons (Fsp3) is 0.308. The van der Waals surface area contributed by atoms with Crippen molar-refractivity contribution >= 4 is 16.5 Å². The molecule has 1 aromatic heterocycles. The predicted octanol–water partition coefficient (Wildman–Crippen LogP) is 2.37. The van der Waals surface area contributed by atoms with Crippen LogP contribution in [0.25, 0.3) is 10.8 Å². The van der Waals surface area contributed by atoms with Crippen LogP contribution in [0.3, 0.4) is 0 Å². The highest BCUT2D eigenvalue weighted by molar-refractivity contribution is 5.93. The number of halogens is 1. The first kappa shape index (κ1) is 11.8. The molecular formula is C13H15FN2O. The number of alkyl halides is 1. The molecule has 90 valence electrons. The van der Waals surface area contributed by atoms with E-state index in [1.807, 2.05) is 24.3 Å². The lowest BCUT2D eigenvalue weighted by Gasteiger charge is -2.21. The zero-order valence-electron chi connectivity index (χ0n) is 9.65. The summed E-state index contributed by atoms with van der Waals surface area (Å²) in [6.07, 6.45) is 3.48. The van der Waals surface area contributed by atoms with Crippen LogP contribution >= 0.6 is 0 Å². The van der Waals surface area contributed by atoms with E-state index < -0.39 is 12.3 Å².